The zero-order chi connectivity index (χ0) is 66.6. The highest BCUT2D eigenvalue weighted by Crippen LogP contribution is 2.30. The molecule has 2 aliphatic heterocycles. The Bertz CT molecular complexity index is 1820. The minimum atomic E-state index is -1.79. The van der Waals surface area contributed by atoms with Gasteiger partial charge in [0.1, 0.15) is 48.8 Å². The van der Waals surface area contributed by atoms with Gasteiger partial charge >= 0.3 is 0 Å². The van der Waals surface area contributed by atoms with E-state index in [0.717, 1.165) is 57.8 Å². The Morgan fingerprint density at radius 3 is 1.20 bits per heavy atom. The van der Waals surface area contributed by atoms with E-state index in [4.69, 9.17) is 18.9 Å². The van der Waals surface area contributed by atoms with Gasteiger partial charge in [0.05, 0.1) is 32.0 Å². The third-order valence-electron chi connectivity index (χ3n) is 18.4. The zero-order valence-corrected chi connectivity index (χ0v) is 58.5. The fourth-order valence-corrected chi connectivity index (χ4v) is 12.4. The summed E-state index contributed by atoms with van der Waals surface area (Å²) < 4.78 is 22.9. The molecule has 0 aromatic heterocycles. The highest BCUT2D eigenvalue weighted by Gasteiger charge is 2.51. The smallest absolute Gasteiger partial charge is 0.220 e. The lowest BCUT2D eigenvalue weighted by Gasteiger charge is -2.46. The van der Waals surface area contributed by atoms with E-state index in [1.807, 2.05) is 6.08 Å². The van der Waals surface area contributed by atoms with Crippen molar-refractivity contribution in [1.29, 1.82) is 0 Å². The van der Waals surface area contributed by atoms with E-state index in [1.165, 1.54) is 231 Å². The summed E-state index contributed by atoms with van der Waals surface area (Å²) in [7, 11) is 0. The van der Waals surface area contributed by atoms with Gasteiger partial charge in [-0.25, -0.2) is 0 Å². The monoisotopic (exact) mass is 1300 g/mol. The number of carbonyl (C=O) groups excluding carboxylic acids is 1. The van der Waals surface area contributed by atoms with E-state index < -0.39 is 86.8 Å². The van der Waals surface area contributed by atoms with Crippen LogP contribution >= 0.6 is 0 Å². The first-order valence-electron chi connectivity index (χ1n) is 38.2. The van der Waals surface area contributed by atoms with Crippen molar-refractivity contribution in [2.45, 2.75) is 396 Å². The Hall–Kier alpha value is -2.57. The van der Waals surface area contributed by atoms with Gasteiger partial charge in [0.25, 0.3) is 0 Å². The quantitative estimate of drug-likeness (QED) is 0.0204. The van der Waals surface area contributed by atoms with Crippen LogP contribution in [0.25, 0.3) is 0 Å². The largest absolute Gasteiger partial charge is 0.394 e. The van der Waals surface area contributed by atoms with E-state index in [2.05, 4.69) is 79.9 Å². The van der Waals surface area contributed by atoms with Crippen LogP contribution in [0.4, 0.5) is 0 Å². The lowest BCUT2D eigenvalue weighted by molar-refractivity contribution is -0.359. The minimum absolute atomic E-state index is 0.245. The lowest BCUT2D eigenvalue weighted by atomic mass is 9.97. The number of rotatable bonds is 63. The maximum atomic E-state index is 13.4. The van der Waals surface area contributed by atoms with E-state index in [1.54, 1.807) is 6.08 Å². The molecule has 0 aromatic rings. The van der Waals surface area contributed by atoms with Crippen LogP contribution in [0.3, 0.4) is 0 Å². The highest BCUT2D eigenvalue weighted by atomic mass is 16.7. The number of amides is 1. The summed E-state index contributed by atoms with van der Waals surface area (Å²) in [6, 6.07) is -0.934. The third-order valence-corrected chi connectivity index (χ3v) is 18.4. The number of aliphatic hydroxyl groups is 8. The molecule has 2 heterocycles. The molecule has 2 rings (SSSR count). The van der Waals surface area contributed by atoms with Gasteiger partial charge in [0, 0.05) is 6.42 Å². The summed E-state index contributed by atoms with van der Waals surface area (Å²) in [6.45, 7) is 2.71. The lowest BCUT2D eigenvalue weighted by Crippen LogP contribution is -2.65. The molecule has 0 spiro atoms. The number of hydrogen-bond acceptors (Lipinski definition) is 13. The van der Waals surface area contributed by atoms with Gasteiger partial charge in [-0.15, -0.1) is 0 Å². The molecule has 536 valence electrons. The molecule has 12 unspecified atom stereocenters. The number of hydrogen-bond donors (Lipinski definition) is 9. The molecule has 0 aromatic carbocycles. The van der Waals surface area contributed by atoms with Crippen LogP contribution in [0.1, 0.15) is 322 Å². The van der Waals surface area contributed by atoms with Gasteiger partial charge < -0.3 is 65.1 Å². The van der Waals surface area contributed by atoms with Crippen molar-refractivity contribution in [3.63, 3.8) is 0 Å². The van der Waals surface area contributed by atoms with Crippen LogP contribution in [0, 0.1) is 0 Å². The molecule has 92 heavy (non-hydrogen) atoms. The summed E-state index contributed by atoms with van der Waals surface area (Å²) in [4.78, 5) is 13.4. The number of nitrogens with one attached hydrogen (secondary N) is 1. The number of aliphatic hydroxyl groups excluding tert-OH is 8. The zero-order valence-electron chi connectivity index (χ0n) is 58.5. The molecular formula is C78H141NO13. The Morgan fingerprint density at radius 2 is 0.761 bits per heavy atom. The van der Waals surface area contributed by atoms with Crippen LogP contribution in [-0.4, -0.2) is 140 Å². The van der Waals surface area contributed by atoms with Gasteiger partial charge in [0.15, 0.2) is 12.6 Å². The van der Waals surface area contributed by atoms with Gasteiger partial charge in [-0.1, -0.05) is 318 Å². The number of unbranched alkanes of at least 4 members (excludes halogenated alkanes) is 40. The van der Waals surface area contributed by atoms with Crippen LogP contribution in [0.15, 0.2) is 72.9 Å². The van der Waals surface area contributed by atoms with Crippen LogP contribution < -0.4 is 5.32 Å². The molecule has 0 bridgehead atoms. The molecule has 0 radical (unpaired) electrons. The first kappa shape index (κ1) is 85.5. The Morgan fingerprint density at radius 1 is 0.402 bits per heavy atom. The second-order valence-electron chi connectivity index (χ2n) is 26.7. The van der Waals surface area contributed by atoms with E-state index in [9.17, 15) is 45.6 Å². The van der Waals surface area contributed by atoms with Crippen LogP contribution in [0.2, 0.25) is 0 Å². The molecule has 12 atom stereocenters. The number of allylic oxidation sites excluding steroid dienone is 11. The number of carbonyl (C=O) groups is 1. The van der Waals surface area contributed by atoms with Crippen molar-refractivity contribution in [3.05, 3.63) is 72.9 Å². The molecule has 9 N–H and O–H groups in total. The predicted octanol–water partition coefficient (Wildman–Crippen LogP) is 16.6. The van der Waals surface area contributed by atoms with Crippen LogP contribution in [-0.2, 0) is 23.7 Å². The predicted molar refractivity (Wildman–Crippen MR) is 378 cm³/mol. The average Bonchev–Trinajstić information content (AvgIpc) is 0.829. The van der Waals surface area contributed by atoms with Gasteiger partial charge in [0.2, 0.25) is 5.91 Å². The van der Waals surface area contributed by atoms with Gasteiger partial charge in [-0.3, -0.25) is 4.79 Å². The molecule has 0 saturated carbocycles. The van der Waals surface area contributed by atoms with Gasteiger partial charge in [-0.2, -0.15) is 0 Å². The summed E-state index contributed by atoms with van der Waals surface area (Å²) in [5.41, 5.74) is 0. The molecule has 2 fully saturated rings. The molecule has 0 aliphatic carbocycles. The summed E-state index contributed by atoms with van der Waals surface area (Å²) in [5, 5.41) is 87.6. The summed E-state index contributed by atoms with van der Waals surface area (Å²) in [6.07, 6.45) is 68.3. The minimum Gasteiger partial charge on any atom is -0.394 e. The molecule has 2 saturated heterocycles. The summed E-state index contributed by atoms with van der Waals surface area (Å²) in [5.74, 6) is -0.245. The van der Waals surface area contributed by atoms with Crippen molar-refractivity contribution in [2.75, 3.05) is 19.8 Å². The fourth-order valence-electron chi connectivity index (χ4n) is 12.4. The molecular weight excluding hydrogens is 1160 g/mol. The highest BCUT2D eigenvalue weighted by molar-refractivity contribution is 5.76. The molecule has 2 aliphatic rings. The fraction of sp³-hybridized carbons (Fsp3) is 0.833. The second kappa shape index (κ2) is 62.0. The first-order chi connectivity index (χ1) is 45.1. The SMILES string of the molecule is CC/C=C\C/C=C\C/C=C\C/C=C\CCCCCCCCCCCCCCCCCCCCCCC(=O)NC(COC1OC(CO)C(OC2OC(CO)C(O)C(O)C2O)C(O)C1O)C(O)/C=C/CC/C=C/CCCCCCCCCCCCCCCCCCCCC. The normalized spacial score (nSPS) is 23.1. The third kappa shape index (κ3) is 45.0. The number of ether oxygens (including phenoxy) is 4. The van der Waals surface area contributed by atoms with Crippen molar-refractivity contribution in [2.24, 2.45) is 0 Å². The Kier molecular flexibility index (Phi) is 57.6. The van der Waals surface area contributed by atoms with Crippen molar-refractivity contribution < 1.29 is 64.6 Å². The van der Waals surface area contributed by atoms with Gasteiger partial charge in [-0.05, 0) is 70.6 Å². The Balaban J connectivity index is 1.64. The van der Waals surface area contributed by atoms with Crippen molar-refractivity contribution in [3.8, 4) is 0 Å². The van der Waals surface area contributed by atoms with Crippen LogP contribution in [0.5, 0.6) is 0 Å². The maximum Gasteiger partial charge on any atom is 0.220 e. The Labute approximate surface area is 561 Å². The average molecular weight is 1300 g/mol. The molecule has 1 amide bonds. The van der Waals surface area contributed by atoms with Crippen molar-refractivity contribution >= 4 is 5.91 Å². The second-order valence-corrected chi connectivity index (χ2v) is 26.7. The van der Waals surface area contributed by atoms with E-state index in [0.29, 0.717) is 12.8 Å². The van der Waals surface area contributed by atoms with E-state index in [-0.39, 0.29) is 18.9 Å². The standard InChI is InChI=1S/C78H141NO13/c1-3-5-7-9-11-13-15-17-19-21-23-25-27-29-30-31-32-33-34-35-36-38-40-42-44-46-48-50-52-54-56-58-60-62-70(83)79-66(65-89-77-75(88)73(86)76(69(64-81)91-77)92-78-74(87)72(85)71(84)68(63-80)90-78)67(82)61-59-57-55-53-51-49-47-45-43-41-39-37-28-26-24-22-20-18-16-14-12-10-8-6-4-2/h5,7,11,13,17,19,23,25,51,53,59,61,66-69,71-78,80-82,84-88H,3-4,6,8-10,12,14-16,18,20-22,24,26-50,52,54-58,60,62-65H2,1-2H3,(H,79,83)/b7-5-,13-11-,19-17-,25-23-,53-51+,61-59+. The van der Waals surface area contributed by atoms with E-state index >= 15 is 0 Å². The first-order valence-corrected chi connectivity index (χ1v) is 38.2. The molecule has 14 heteroatoms. The molecule has 14 nitrogen and oxygen atoms in total. The summed E-state index contributed by atoms with van der Waals surface area (Å²) >= 11 is 0. The maximum absolute atomic E-state index is 13.4. The topological polar surface area (TPSA) is 228 Å². The van der Waals surface area contributed by atoms with Crippen molar-refractivity contribution in [1.82, 2.24) is 5.32 Å².